The van der Waals surface area contributed by atoms with Crippen LogP contribution in [0, 0.1) is 11.7 Å². The van der Waals surface area contributed by atoms with Crippen molar-refractivity contribution in [1.29, 1.82) is 0 Å². The summed E-state index contributed by atoms with van der Waals surface area (Å²) >= 11 is 6.13. The second kappa shape index (κ2) is 9.20. The van der Waals surface area contributed by atoms with Gasteiger partial charge in [0.05, 0.1) is 5.02 Å². The number of ether oxygens (including phenoxy) is 1. The lowest BCUT2D eigenvalue weighted by Gasteiger charge is -2.16. The van der Waals surface area contributed by atoms with Crippen LogP contribution < -0.4 is 10.1 Å². The summed E-state index contributed by atoms with van der Waals surface area (Å²) in [5, 5.41) is 6.19. The lowest BCUT2D eigenvalue weighted by atomic mass is 10.0. The quantitative estimate of drug-likeness (QED) is 0.456. The maximum atomic E-state index is 14.1. The molecule has 3 aromatic rings. The molecule has 142 valence electrons. The number of halogens is 2. The van der Waals surface area contributed by atoms with E-state index >= 15 is 0 Å². The molecule has 0 aliphatic carbocycles. The number of nitrogens with one attached hydrogen (secondary N) is 1. The first-order chi connectivity index (χ1) is 13.1. The first-order valence-corrected chi connectivity index (χ1v) is 9.71. The SMILES string of the molecule is CC(C)CCNCc1c(OCc2c(F)cccc2Cl)ccc2ccccc12. The van der Waals surface area contributed by atoms with Gasteiger partial charge in [0, 0.05) is 17.7 Å². The predicted molar refractivity (Wildman–Crippen MR) is 111 cm³/mol. The Hall–Kier alpha value is -2.10. The van der Waals surface area contributed by atoms with Crippen LogP contribution in [0.3, 0.4) is 0 Å². The zero-order valence-electron chi connectivity index (χ0n) is 15.8. The van der Waals surface area contributed by atoms with Crippen LogP contribution in [0.5, 0.6) is 5.75 Å². The van der Waals surface area contributed by atoms with Crippen molar-refractivity contribution in [3.05, 3.63) is 76.6 Å². The summed E-state index contributed by atoms with van der Waals surface area (Å²) in [4.78, 5) is 0. The van der Waals surface area contributed by atoms with Crippen molar-refractivity contribution in [2.75, 3.05) is 6.54 Å². The fourth-order valence-corrected chi connectivity index (χ4v) is 3.28. The molecular formula is C23H25ClFNO. The average molecular weight is 386 g/mol. The minimum atomic E-state index is -0.347. The average Bonchev–Trinajstić information content (AvgIpc) is 2.65. The molecule has 0 saturated carbocycles. The van der Waals surface area contributed by atoms with Crippen molar-refractivity contribution in [1.82, 2.24) is 5.32 Å². The second-order valence-corrected chi connectivity index (χ2v) is 7.52. The molecule has 0 aliphatic heterocycles. The Bertz CT molecular complexity index is 890. The van der Waals surface area contributed by atoms with Gasteiger partial charge in [-0.15, -0.1) is 0 Å². The Morgan fingerprint density at radius 3 is 2.59 bits per heavy atom. The molecule has 0 spiro atoms. The van der Waals surface area contributed by atoms with E-state index < -0.39 is 0 Å². The highest BCUT2D eigenvalue weighted by molar-refractivity contribution is 6.31. The van der Waals surface area contributed by atoms with Crippen molar-refractivity contribution in [2.24, 2.45) is 5.92 Å². The molecule has 27 heavy (non-hydrogen) atoms. The first kappa shape index (κ1) is 19.7. The van der Waals surface area contributed by atoms with E-state index in [4.69, 9.17) is 16.3 Å². The van der Waals surface area contributed by atoms with E-state index in [0.717, 1.165) is 35.1 Å². The second-order valence-electron chi connectivity index (χ2n) is 7.11. The summed E-state index contributed by atoms with van der Waals surface area (Å²) in [6, 6.07) is 16.9. The third-order valence-corrected chi connectivity index (χ3v) is 4.99. The maximum absolute atomic E-state index is 14.1. The van der Waals surface area contributed by atoms with Gasteiger partial charge in [0.15, 0.2) is 0 Å². The number of fused-ring (bicyclic) bond motifs is 1. The van der Waals surface area contributed by atoms with Gasteiger partial charge < -0.3 is 10.1 Å². The Balaban J connectivity index is 1.84. The molecule has 4 heteroatoms. The molecule has 0 saturated heterocycles. The summed E-state index contributed by atoms with van der Waals surface area (Å²) in [5.74, 6) is 1.06. The highest BCUT2D eigenvalue weighted by atomic mass is 35.5. The summed E-state index contributed by atoms with van der Waals surface area (Å²) in [6.45, 7) is 6.18. The Morgan fingerprint density at radius 2 is 1.81 bits per heavy atom. The van der Waals surface area contributed by atoms with Crippen LogP contribution >= 0.6 is 11.6 Å². The summed E-state index contributed by atoms with van der Waals surface area (Å²) in [5.41, 5.74) is 1.47. The van der Waals surface area contributed by atoms with Crippen LogP contribution in [0.15, 0.2) is 54.6 Å². The van der Waals surface area contributed by atoms with Crippen LogP contribution in [0.2, 0.25) is 5.02 Å². The van der Waals surface area contributed by atoms with E-state index in [1.807, 2.05) is 24.3 Å². The van der Waals surface area contributed by atoms with Gasteiger partial charge in [-0.05, 0) is 47.9 Å². The number of benzene rings is 3. The van der Waals surface area contributed by atoms with E-state index in [-0.39, 0.29) is 12.4 Å². The summed E-state index contributed by atoms with van der Waals surface area (Å²) in [7, 11) is 0. The van der Waals surface area contributed by atoms with Gasteiger partial charge in [0.25, 0.3) is 0 Å². The van der Waals surface area contributed by atoms with Crippen LogP contribution in [-0.2, 0) is 13.2 Å². The standard InChI is InChI=1S/C23H25ClFNO/c1-16(2)12-13-26-14-19-18-7-4-3-6-17(18)10-11-23(19)27-15-20-21(24)8-5-9-22(20)25/h3-11,16,26H,12-15H2,1-2H3. The zero-order valence-corrected chi connectivity index (χ0v) is 16.5. The van der Waals surface area contributed by atoms with Gasteiger partial charge in [-0.3, -0.25) is 0 Å². The van der Waals surface area contributed by atoms with Crippen molar-refractivity contribution in [3.8, 4) is 5.75 Å². The number of hydrogen-bond acceptors (Lipinski definition) is 2. The molecule has 0 amide bonds. The molecular weight excluding hydrogens is 361 g/mol. The topological polar surface area (TPSA) is 21.3 Å². The summed E-state index contributed by atoms with van der Waals surface area (Å²) < 4.78 is 20.1. The van der Waals surface area contributed by atoms with Gasteiger partial charge >= 0.3 is 0 Å². The smallest absolute Gasteiger partial charge is 0.131 e. The van der Waals surface area contributed by atoms with Crippen molar-refractivity contribution in [2.45, 2.75) is 33.4 Å². The van der Waals surface area contributed by atoms with Crippen molar-refractivity contribution >= 4 is 22.4 Å². The molecule has 1 N–H and O–H groups in total. The maximum Gasteiger partial charge on any atom is 0.131 e. The fourth-order valence-electron chi connectivity index (χ4n) is 3.06. The monoisotopic (exact) mass is 385 g/mol. The van der Waals surface area contributed by atoms with Gasteiger partial charge in [-0.25, -0.2) is 4.39 Å². The molecule has 2 nitrogen and oxygen atoms in total. The number of hydrogen-bond donors (Lipinski definition) is 1. The highest BCUT2D eigenvalue weighted by Crippen LogP contribution is 2.30. The van der Waals surface area contributed by atoms with Crippen molar-refractivity contribution < 1.29 is 9.13 Å². The molecule has 0 atom stereocenters. The molecule has 0 unspecified atom stereocenters. The van der Waals surface area contributed by atoms with E-state index in [0.29, 0.717) is 23.0 Å². The Labute approximate surface area is 165 Å². The first-order valence-electron chi connectivity index (χ1n) is 9.33. The molecule has 0 heterocycles. The van der Waals surface area contributed by atoms with E-state index in [2.05, 4.69) is 31.3 Å². The van der Waals surface area contributed by atoms with Gasteiger partial charge in [-0.1, -0.05) is 61.8 Å². The van der Waals surface area contributed by atoms with E-state index in [1.165, 1.54) is 6.07 Å². The highest BCUT2D eigenvalue weighted by Gasteiger charge is 2.12. The predicted octanol–water partition coefficient (Wildman–Crippen LogP) is 6.35. The Morgan fingerprint density at radius 1 is 1.00 bits per heavy atom. The summed E-state index contributed by atoms with van der Waals surface area (Å²) in [6.07, 6.45) is 1.12. The van der Waals surface area contributed by atoms with Gasteiger partial charge in [0.2, 0.25) is 0 Å². The van der Waals surface area contributed by atoms with Gasteiger partial charge in [-0.2, -0.15) is 0 Å². The molecule has 3 aromatic carbocycles. The minimum Gasteiger partial charge on any atom is -0.488 e. The third-order valence-electron chi connectivity index (χ3n) is 4.63. The molecule has 0 fully saturated rings. The normalized spacial score (nSPS) is 11.3. The third kappa shape index (κ3) is 5.00. The van der Waals surface area contributed by atoms with Crippen molar-refractivity contribution in [3.63, 3.8) is 0 Å². The molecule has 3 rings (SSSR count). The van der Waals surface area contributed by atoms with E-state index in [9.17, 15) is 4.39 Å². The van der Waals surface area contributed by atoms with Crippen LogP contribution in [-0.4, -0.2) is 6.54 Å². The van der Waals surface area contributed by atoms with Crippen LogP contribution in [0.1, 0.15) is 31.4 Å². The molecule has 0 aliphatic rings. The lowest BCUT2D eigenvalue weighted by molar-refractivity contribution is 0.296. The van der Waals surface area contributed by atoms with Gasteiger partial charge in [0.1, 0.15) is 18.2 Å². The fraction of sp³-hybridized carbons (Fsp3) is 0.304. The largest absolute Gasteiger partial charge is 0.488 e. The Kier molecular flexibility index (Phi) is 6.70. The van der Waals surface area contributed by atoms with E-state index in [1.54, 1.807) is 12.1 Å². The number of rotatable bonds is 8. The van der Waals surface area contributed by atoms with Crippen LogP contribution in [0.25, 0.3) is 10.8 Å². The van der Waals surface area contributed by atoms with Crippen LogP contribution in [0.4, 0.5) is 4.39 Å². The zero-order chi connectivity index (χ0) is 19.2. The lowest BCUT2D eigenvalue weighted by Crippen LogP contribution is -2.17. The molecule has 0 bridgehead atoms. The molecule has 0 radical (unpaired) electrons. The minimum absolute atomic E-state index is 0.100. The molecule has 0 aromatic heterocycles.